The second-order valence-corrected chi connectivity index (χ2v) is 6.88. The van der Waals surface area contributed by atoms with Crippen LogP contribution in [-0.2, 0) is 0 Å². The van der Waals surface area contributed by atoms with Crippen LogP contribution in [0.4, 0.5) is 11.4 Å². The van der Waals surface area contributed by atoms with E-state index < -0.39 is 17.7 Å². The number of aryl methyl sites for hydroxylation is 1. The van der Waals surface area contributed by atoms with Crippen LogP contribution in [0.3, 0.4) is 0 Å². The average molecular weight is 391 g/mol. The molecule has 0 bridgehead atoms. The lowest BCUT2D eigenvalue weighted by molar-refractivity contribution is 0.0925. The SMILES string of the molecule is Cc1ccc(N2C(=O)c3ccc(C(=O)Nc4ccccc4Cl)cc3C2=O)cc1. The van der Waals surface area contributed by atoms with E-state index in [1.807, 2.05) is 19.1 Å². The van der Waals surface area contributed by atoms with Gasteiger partial charge in [-0.3, -0.25) is 14.4 Å². The third-order valence-corrected chi connectivity index (χ3v) is 4.89. The fourth-order valence-electron chi connectivity index (χ4n) is 3.07. The largest absolute Gasteiger partial charge is 0.321 e. The van der Waals surface area contributed by atoms with Gasteiger partial charge in [-0.25, -0.2) is 4.90 Å². The van der Waals surface area contributed by atoms with Gasteiger partial charge in [0.25, 0.3) is 17.7 Å². The molecular weight excluding hydrogens is 376 g/mol. The number of benzene rings is 3. The minimum atomic E-state index is -0.448. The summed E-state index contributed by atoms with van der Waals surface area (Å²) in [5.41, 5.74) is 2.75. The molecule has 0 fully saturated rings. The van der Waals surface area contributed by atoms with Gasteiger partial charge in [0.15, 0.2) is 0 Å². The molecule has 0 radical (unpaired) electrons. The summed E-state index contributed by atoms with van der Waals surface area (Å²) < 4.78 is 0. The van der Waals surface area contributed by atoms with Gasteiger partial charge in [0.05, 0.1) is 27.5 Å². The fraction of sp³-hybridized carbons (Fsp3) is 0.0455. The van der Waals surface area contributed by atoms with E-state index in [2.05, 4.69) is 5.32 Å². The molecule has 4 rings (SSSR count). The fourth-order valence-corrected chi connectivity index (χ4v) is 3.25. The minimum Gasteiger partial charge on any atom is -0.321 e. The van der Waals surface area contributed by atoms with E-state index in [-0.39, 0.29) is 16.7 Å². The summed E-state index contributed by atoms with van der Waals surface area (Å²) in [6.07, 6.45) is 0. The van der Waals surface area contributed by atoms with Gasteiger partial charge in [0.1, 0.15) is 0 Å². The zero-order valence-corrected chi connectivity index (χ0v) is 15.7. The Bertz CT molecular complexity index is 1120. The number of anilines is 2. The summed E-state index contributed by atoms with van der Waals surface area (Å²) in [6.45, 7) is 1.93. The molecule has 0 atom stereocenters. The molecule has 0 unspecified atom stereocenters. The van der Waals surface area contributed by atoms with Crippen molar-refractivity contribution in [3.8, 4) is 0 Å². The second-order valence-electron chi connectivity index (χ2n) is 6.48. The molecule has 0 aromatic heterocycles. The number of nitrogens with zero attached hydrogens (tertiary/aromatic N) is 1. The van der Waals surface area contributed by atoms with Gasteiger partial charge in [0, 0.05) is 5.56 Å². The number of hydrogen-bond acceptors (Lipinski definition) is 3. The Balaban J connectivity index is 1.64. The number of hydrogen-bond donors (Lipinski definition) is 1. The highest BCUT2D eigenvalue weighted by atomic mass is 35.5. The quantitative estimate of drug-likeness (QED) is 0.659. The maximum absolute atomic E-state index is 12.8. The lowest BCUT2D eigenvalue weighted by Crippen LogP contribution is -2.29. The molecule has 138 valence electrons. The predicted octanol–water partition coefficient (Wildman–Crippen LogP) is 4.70. The Morgan fingerprint density at radius 1 is 0.893 bits per heavy atom. The number of nitrogens with one attached hydrogen (secondary N) is 1. The van der Waals surface area contributed by atoms with E-state index in [9.17, 15) is 14.4 Å². The smallest absolute Gasteiger partial charge is 0.266 e. The number of para-hydroxylation sites is 1. The van der Waals surface area contributed by atoms with Gasteiger partial charge >= 0.3 is 0 Å². The van der Waals surface area contributed by atoms with Crippen LogP contribution in [0, 0.1) is 6.92 Å². The monoisotopic (exact) mass is 390 g/mol. The van der Waals surface area contributed by atoms with Crippen molar-refractivity contribution in [2.24, 2.45) is 0 Å². The molecule has 5 nitrogen and oxygen atoms in total. The molecule has 0 spiro atoms. The number of carbonyl (C=O) groups excluding carboxylic acids is 3. The van der Waals surface area contributed by atoms with Crippen LogP contribution in [0.5, 0.6) is 0 Å². The highest BCUT2D eigenvalue weighted by molar-refractivity contribution is 6.35. The third-order valence-electron chi connectivity index (χ3n) is 4.56. The Hall–Kier alpha value is -3.44. The van der Waals surface area contributed by atoms with E-state index in [4.69, 9.17) is 11.6 Å². The van der Waals surface area contributed by atoms with Gasteiger partial charge in [-0.15, -0.1) is 0 Å². The summed E-state index contributed by atoms with van der Waals surface area (Å²) in [5.74, 6) is -1.26. The van der Waals surface area contributed by atoms with Crippen LogP contribution in [0.1, 0.15) is 36.6 Å². The number of amides is 3. The van der Waals surface area contributed by atoms with E-state index in [1.54, 1.807) is 36.4 Å². The zero-order chi connectivity index (χ0) is 19.8. The van der Waals surface area contributed by atoms with Crippen LogP contribution in [-0.4, -0.2) is 17.7 Å². The summed E-state index contributed by atoms with van der Waals surface area (Å²) in [5, 5.41) is 3.12. The Morgan fingerprint density at radius 3 is 2.29 bits per heavy atom. The average Bonchev–Trinajstić information content (AvgIpc) is 2.94. The lowest BCUT2D eigenvalue weighted by Gasteiger charge is -2.13. The van der Waals surface area contributed by atoms with E-state index in [0.29, 0.717) is 16.4 Å². The Labute approximate surface area is 166 Å². The molecule has 1 aliphatic rings. The summed E-state index contributed by atoms with van der Waals surface area (Å²) in [4.78, 5) is 39.2. The minimum absolute atomic E-state index is 0.206. The van der Waals surface area contributed by atoms with E-state index >= 15 is 0 Å². The molecule has 3 aromatic carbocycles. The molecule has 0 saturated heterocycles. The van der Waals surface area contributed by atoms with Crippen molar-refractivity contribution >= 4 is 40.7 Å². The summed E-state index contributed by atoms with van der Waals surface area (Å²) >= 11 is 6.07. The number of imide groups is 1. The van der Waals surface area contributed by atoms with Crippen molar-refractivity contribution < 1.29 is 14.4 Å². The maximum atomic E-state index is 12.8. The molecule has 1 N–H and O–H groups in total. The molecule has 3 amide bonds. The molecule has 0 saturated carbocycles. The summed E-state index contributed by atoms with van der Waals surface area (Å²) in [7, 11) is 0. The highest BCUT2D eigenvalue weighted by Crippen LogP contribution is 2.30. The highest BCUT2D eigenvalue weighted by Gasteiger charge is 2.37. The second kappa shape index (κ2) is 6.94. The predicted molar refractivity (Wildman–Crippen MR) is 108 cm³/mol. The van der Waals surface area contributed by atoms with Gasteiger partial charge < -0.3 is 5.32 Å². The molecule has 1 heterocycles. The first-order chi connectivity index (χ1) is 13.5. The Morgan fingerprint density at radius 2 is 1.57 bits per heavy atom. The topological polar surface area (TPSA) is 66.5 Å². The standard InChI is InChI=1S/C22H15ClN2O3/c1-13-6-9-15(10-7-13)25-21(27)16-11-8-14(12-17(16)22(25)28)20(26)24-19-5-3-2-4-18(19)23/h2-12H,1H3,(H,24,26). The number of fused-ring (bicyclic) bond motifs is 1. The molecule has 3 aromatic rings. The van der Waals surface area contributed by atoms with Crippen molar-refractivity contribution in [3.05, 3.63) is 94.0 Å². The van der Waals surface area contributed by atoms with Crippen LogP contribution in [0.2, 0.25) is 5.02 Å². The van der Waals surface area contributed by atoms with E-state index in [0.717, 1.165) is 10.5 Å². The van der Waals surface area contributed by atoms with Crippen LogP contribution in [0.15, 0.2) is 66.7 Å². The molecular formula is C22H15ClN2O3. The van der Waals surface area contributed by atoms with Crippen molar-refractivity contribution in [2.45, 2.75) is 6.92 Å². The molecule has 0 aliphatic carbocycles. The first-order valence-corrected chi connectivity index (χ1v) is 8.99. The van der Waals surface area contributed by atoms with Gasteiger partial charge in [-0.05, 0) is 49.4 Å². The maximum Gasteiger partial charge on any atom is 0.266 e. The van der Waals surface area contributed by atoms with Crippen molar-refractivity contribution in [3.63, 3.8) is 0 Å². The number of carbonyl (C=O) groups is 3. The normalized spacial score (nSPS) is 12.9. The van der Waals surface area contributed by atoms with Crippen molar-refractivity contribution in [2.75, 3.05) is 10.2 Å². The number of halogens is 1. The molecule has 6 heteroatoms. The third kappa shape index (κ3) is 3.06. The molecule has 28 heavy (non-hydrogen) atoms. The summed E-state index contributed by atoms with van der Waals surface area (Å²) in [6, 6.07) is 18.5. The molecule has 1 aliphatic heterocycles. The van der Waals surface area contributed by atoms with Gasteiger partial charge in [0.2, 0.25) is 0 Å². The lowest BCUT2D eigenvalue weighted by atomic mass is 10.1. The van der Waals surface area contributed by atoms with E-state index in [1.165, 1.54) is 18.2 Å². The van der Waals surface area contributed by atoms with Crippen molar-refractivity contribution in [1.82, 2.24) is 0 Å². The first-order valence-electron chi connectivity index (χ1n) is 8.61. The van der Waals surface area contributed by atoms with Gasteiger partial charge in [-0.2, -0.15) is 0 Å². The van der Waals surface area contributed by atoms with Crippen LogP contribution < -0.4 is 10.2 Å². The van der Waals surface area contributed by atoms with Crippen LogP contribution >= 0.6 is 11.6 Å². The van der Waals surface area contributed by atoms with Gasteiger partial charge in [-0.1, -0.05) is 41.4 Å². The van der Waals surface area contributed by atoms with Crippen molar-refractivity contribution in [1.29, 1.82) is 0 Å². The van der Waals surface area contributed by atoms with Crippen LogP contribution in [0.25, 0.3) is 0 Å². The zero-order valence-electron chi connectivity index (χ0n) is 14.9. The number of rotatable bonds is 3. The first kappa shape index (κ1) is 17.9. The Kier molecular flexibility index (Phi) is 4.45.